The van der Waals surface area contributed by atoms with E-state index in [-0.39, 0.29) is 0 Å². The van der Waals surface area contributed by atoms with E-state index < -0.39 is 0 Å². The van der Waals surface area contributed by atoms with Crippen molar-refractivity contribution in [1.29, 1.82) is 0 Å². The molecule has 0 atom stereocenters. The molecule has 0 aliphatic rings. The van der Waals surface area contributed by atoms with Crippen LogP contribution in [-0.4, -0.2) is 26.4 Å². The van der Waals surface area contributed by atoms with E-state index in [1.807, 2.05) is 0 Å². The van der Waals surface area contributed by atoms with Gasteiger partial charge in [-0.25, -0.2) is 0 Å². The third-order valence-corrected chi connectivity index (χ3v) is 4.15. The summed E-state index contributed by atoms with van der Waals surface area (Å²) >= 11 is 17.4. The topological polar surface area (TPSA) is 51.8 Å². The molecule has 2 N–H and O–H groups in total. The number of anilines is 2. The fourth-order valence-electron chi connectivity index (χ4n) is 2.04. The molecule has 0 aliphatic carbocycles. The molecule has 0 fully saturated rings. The van der Waals surface area contributed by atoms with Crippen LogP contribution in [0.4, 0.5) is 11.4 Å². The molecule has 0 amide bonds. The maximum Gasteiger partial charge on any atom is 0.203 e. The summed E-state index contributed by atoms with van der Waals surface area (Å²) in [6, 6.07) is 8.74. The molecule has 128 valence electrons. The molecule has 2 rings (SSSR count). The summed E-state index contributed by atoms with van der Waals surface area (Å²) in [7, 11) is 4.63. The Balaban J connectivity index is 2.21. The van der Waals surface area contributed by atoms with Gasteiger partial charge >= 0.3 is 0 Å². The Kier molecular flexibility index (Phi) is 6.36. The van der Waals surface area contributed by atoms with E-state index in [9.17, 15) is 0 Å². The molecule has 0 radical (unpaired) electrons. The minimum Gasteiger partial charge on any atom is -0.493 e. The lowest BCUT2D eigenvalue weighted by molar-refractivity contribution is 0.324. The molecule has 5 nitrogen and oxygen atoms in total. The van der Waals surface area contributed by atoms with Crippen molar-refractivity contribution in [2.24, 2.45) is 0 Å². The fourth-order valence-corrected chi connectivity index (χ4v) is 2.61. The van der Waals surface area contributed by atoms with E-state index in [2.05, 4.69) is 10.6 Å². The Morgan fingerprint density at radius 1 is 0.958 bits per heavy atom. The van der Waals surface area contributed by atoms with Gasteiger partial charge in [-0.1, -0.05) is 29.3 Å². The molecule has 0 spiro atoms. The molecule has 0 aliphatic heterocycles. The van der Waals surface area contributed by atoms with Gasteiger partial charge in [0.05, 0.1) is 37.1 Å². The highest BCUT2D eigenvalue weighted by molar-refractivity contribution is 7.80. The number of halogens is 2. The molecule has 24 heavy (non-hydrogen) atoms. The van der Waals surface area contributed by atoms with Crippen LogP contribution in [0.3, 0.4) is 0 Å². The Bertz CT molecular complexity index is 731. The zero-order valence-electron chi connectivity index (χ0n) is 13.3. The van der Waals surface area contributed by atoms with Gasteiger partial charge in [-0.05, 0) is 24.4 Å². The monoisotopic (exact) mass is 386 g/mol. The van der Waals surface area contributed by atoms with E-state index >= 15 is 0 Å². The molecule has 8 heteroatoms. The van der Waals surface area contributed by atoms with Crippen LogP contribution in [0, 0.1) is 0 Å². The minimum absolute atomic E-state index is 0.341. The van der Waals surface area contributed by atoms with Crippen LogP contribution < -0.4 is 24.8 Å². The first-order chi connectivity index (χ1) is 11.5. The first-order valence-corrected chi connectivity index (χ1v) is 7.98. The first kappa shape index (κ1) is 18.4. The summed E-state index contributed by atoms with van der Waals surface area (Å²) in [6.45, 7) is 0. The molecule has 2 aromatic rings. The Labute approximate surface area is 155 Å². The van der Waals surface area contributed by atoms with Crippen molar-refractivity contribution in [3.8, 4) is 17.2 Å². The van der Waals surface area contributed by atoms with Crippen molar-refractivity contribution in [3.63, 3.8) is 0 Å². The Morgan fingerprint density at radius 2 is 1.58 bits per heavy atom. The van der Waals surface area contributed by atoms with E-state index in [0.717, 1.165) is 0 Å². The van der Waals surface area contributed by atoms with Crippen LogP contribution in [0.1, 0.15) is 0 Å². The van der Waals surface area contributed by atoms with Gasteiger partial charge in [0.25, 0.3) is 0 Å². The summed E-state index contributed by atoms with van der Waals surface area (Å²) in [5, 5.41) is 7.21. The second-order valence-corrected chi connectivity index (χ2v) is 5.79. The fraction of sp³-hybridized carbons (Fsp3) is 0.188. The summed E-state index contributed by atoms with van der Waals surface area (Å²) in [4.78, 5) is 0. The van der Waals surface area contributed by atoms with Crippen molar-refractivity contribution in [2.75, 3.05) is 32.0 Å². The van der Waals surface area contributed by atoms with Gasteiger partial charge < -0.3 is 24.8 Å². The lowest BCUT2D eigenvalue weighted by atomic mass is 10.2. The molecule has 0 saturated heterocycles. The normalized spacial score (nSPS) is 10.0. The summed E-state index contributed by atoms with van der Waals surface area (Å²) < 4.78 is 15.9. The highest BCUT2D eigenvalue weighted by Crippen LogP contribution is 2.40. The second-order valence-electron chi connectivity index (χ2n) is 4.59. The lowest BCUT2D eigenvalue weighted by Crippen LogP contribution is -2.19. The second kappa shape index (κ2) is 8.28. The number of methoxy groups -OCH3 is 3. The molecule has 0 aromatic heterocycles. The van der Waals surface area contributed by atoms with Crippen LogP contribution in [0.15, 0.2) is 30.3 Å². The van der Waals surface area contributed by atoms with Crippen molar-refractivity contribution in [3.05, 3.63) is 40.4 Å². The lowest BCUT2D eigenvalue weighted by Gasteiger charge is -2.16. The smallest absolute Gasteiger partial charge is 0.203 e. The first-order valence-electron chi connectivity index (χ1n) is 6.82. The van der Waals surface area contributed by atoms with Crippen LogP contribution in [0.25, 0.3) is 0 Å². The van der Waals surface area contributed by atoms with E-state index in [1.165, 1.54) is 0 Å². The van der Waals surface area contributed by atoms with Crippen LogP contribution in [0.2, 0.25) is 10.0 Å². The SMILES string of the molecule is COc1cc(NC(=S)Nc2cccc(Cl)c2Cl)cc(OC)c1OC. The number of benzene rings is 2. The molecular weight excluding hydrogens is 371 g/mol. The molecule has 0 unspecified atom stereocenters. The molecular formula is C16H16Cl2N2O3S. The summed E-state index contributed by atoms with van der Waals surface area (Å²) in [5.74, 6) is 1.54. The highest BCUT2D eigenvalue weighted by Gasteiger charge is 2.14. The highest BCUT2D eigenvalue weighted by atomic mass is 35.5. The molecule has 0 bridgehead atoms. The minimum atomic E-state index is 0.341. The maximum absolute atomic E-state index is 6.14. The number of hydrogen-bond donors (Lipinski definition) is 2. The van der Waals surface area contributed by atoms with Crippen LogP contribution >= 0.6 is 35.4 Å². The third kappa shape index (κ3) is 4.14. The van der Waals surface area contributed by atoms with Gasteiger partial charge in [0.1, 0.15) is 0 Å². The van der Waals surface area contributed by atoms with Gasteiger partial charge in [-0.15, -0.1) is 0 Å². The predicted octanol–water partition coefficient (Wildman–Crippen LogP) is 4.83. The average Bonchev–Trinajstić information content (AvgIpc) is 2.57. The van der Waals surface area contributed by atoms with Crippen molar-refractivity contribution < 1.29 is 14.2 Å². The quantitative estimate of drug-likeness (QED) is 0.717. The average molecular weight is 387 g/mol. The number of thiocarbonyl (C=S) groups is 1. The molecule has 0 saturated carbocycles. The number of ether oxygens (including phenoxy) is 3. The van der Waals surface area contributed by atoms with Crippen molar-refractivity contribution >= 4 is 51.9 Å². The zero-order chi connectivity index (χ0) is 17.7. The van der Waals surface area contributed by atoms with E-state index in [4.69, 9.17) is 49.6 Å². The Morgan fingerprint density at radius 3 is 2.12 bits per heavy atom. The van der Waals surface area contributed by atoms with Crippen molar-refractivity contribution in [2.45, 2.75) is 0 Å². The molecule has 2 aromatic carbocycles. The Hall–Kier alpha value is -1.89. The van der Waals surface area contributed by atoms with Gasteiger partial charge in [0.15, 0.2) is 16.6 Å². The summed E-state index contributed by atoms with van der Waals surface area (Å²) in [6.07, 6.45) is 0. The largest absolute Gasteiger partial charge is 0.493 e. The zero-order valence-corrected chi connectivity index (χ0v) is 15.6. The van der Waals surface area contributed by atoms with Crippen molar-refractivity contribution in [1.82, 2.24) is 0 Å². The number of nitrogens with one attached hydrogen (secondary N) is 2. The van der Waals surface area contributed by atoms with Gasteiger partial charge in [0, 0.05) is 17.8 Å². The number of rotatable bonds is 5. The van der Waals surface area contributed by atoms with Gasteiger partial charge in [-0.2, -0.15) is 0 Å². The molecule has 0 heterocycles. The van der Waals surface area contributed by atoms with E-state index in [0.29, 0.717) is 43.8 Å². The van der Waals surface area contributed by atoms with Gasteiger partial charge in [-0.3, -0.25) is 0 Å². The summed E-state index contributed by atoms with van der Waals surface area (Å²) in [5.41, 5.74) is 1.27. The van der Waals surface area contributed by atoms with Crippen LogP contribution in [0.5, 0.6) is 17.2 Å². The standard InChI is InChI=1S/C16H16Cl2N2O3S/c1-21-12-7-9(8-13(22-2)15(12)23-3)19-16(24)20-11-6-4-5-10(17)14(11)18/h4-8H,1-3H3,(H2,19,20,24). The number of hydrogen-bond acceptors (Lipinski definition) is 4. The van der Waals surface area contributed by atoms with Crippen LogP contribution in [-0.2, 0) is 0 Å². The predicted molar refractivity (Wildman–Crippen MR) is 102 cm³/mol. The van der Waals surface area contributed by atoms with Gasteiger partial charge in [0.2, 0.25) is 5.75 Å². The maximum atomic E-state index is 6.14. The third-order valence-electron chi connectivity index (χ3n) is 3.12. The van der Waals surface area contributed by atoms with E-state index in [1.54, 1.807) is 51.7 Å².